The van der Waals surface area contributed by atoms with Gasteiger partial charge in [0.05, 0.1) is 6.20 Å². The van der Waals surface area contributed by atoms with Crippen LogP contribution in [0.2, 0.25) is 0 Å². The summed E-state index contributed by atoms with van der Waals surface area (Å²) in [6, 6.07) is 8.83. The van der Waals surface area contributed by atoms with Crippen molar-refractivity contribution in [2.75, 3.05) is 12.3 Å². The van der Waals surface area contributed by atoms with E-state index < -0.39 is 0 Å². The molecule has 0 bridgehead atoms. The molecule has 20 heavy (non-hydrogen) atoms. The molecule has 0 saturated heterocycles. The molecule has 0 aliphatic heterocycles. The number of aryl methyl sites for hydroxylation is 1. The summed E-state index contributed by atoms with van der Waals surface area (Å²) < 4.78 is 3.03. The van der Waals surface area contributed by atoms with Gasteiger partial charge in [0.2, 0.25) is 0 Å². The molecule has 5 heteroatoms. The standard InChI is InChI=1S/C15H20BrN3S/c1-3-17-13(8-12-9-18-19(2)10-12)11-20-15-7-5-4-6-14(15)16/h4-7,9-10,13,17H,3,8,11H2,1-2H3. The Labute approximate surface area is 133 Å². The van der Waals surface area contributed by atoms with Gasteiger partial charge in [-0.2, -0.15) is 5.10 Å². The van der Waals surface area contributed by atoms with Crippen molar-refractivity contribution in [3.8, 4) is 0 Å². The molecule has 1 heterocycles. The molecule has 1 unspecified atom stereocenters. The number of benzene rings is 1. The molecule has 0 saturated carbocycles. The van der Waals surface area contributed by atoms with Gasteiger partial charge in [-0.05, 0) is 46.6 Å². The van der Waals surface area contributed by atoms with E-state index in [2.05, 4.69) is 57.7 Å². The quantitative estimate of drug-likeness (QED) is 0.772. The van der Waals surface area contributed by atoms with Gasteiger partial charge in [-0.1, -0.05) is 19.1 Å². The lowest BCUT2D eigenvalue weighted by Crippen LogP contribution is -2.33. The van der Waals surface area contributed by atoms with E-state index in [1.54, 1.807) is 0 Å². The molecule has 1 aromatic carbocycles. The predicted octanol–water partition coefficient (Wildman–Crippen LogP) is 3.50. The monoisotopic (exact) mass is 353 g/mol. The second-order valence-electron chi connectivity index (χ2n) is 4.72. The minimum absolute atomic E-state index is 0.460. The third kappa shape index (κ3) is 4.65. The van der Waals surface area contributed by atoms with Gasteiger partial charge in [0.25, 0.3) is 0 Å². The first kappa shape index (κ1) is 15.6. The molecule has 2 aromatic rings. The van der Waals surface area contributed by atoms with E-state index in [0.717, 1.165) is 18.7 Å². The Morgan fingerprint density at radius 3 is 2.85 bits per heavy atom. The van der Waals surface area contributed by atoms with E-state index in [-0.39, 0.29) is 0 Å². The summed E-state index contributed by atoms with van der Waals surface area (Å²) in [5.74, 6) is 1.05. The SMILES string of the molecule is CCNC(CSc1ccccc1Br)Cc1cnn(C)c1. The first-order chi connectivity index (χ1) is 9.69. The van der Waals surface area contributed by atoms with Gasteiger partial charge < -0.3 is 5.32 Å². The largest absolute Gasteiger partial charge is 0.313 e. The van der Waals surface area contributed by atoms with Gasteiger partial charge in [0.1, 0.15) is 0 Å². The molecule has 0 amide bonds. The number of rotatable bonds is 7. The topological polar surface area (TPSA) is 29.9 Å². The summed E-state index contributed by atoms with van der Waals surface area (Å²) in [6.07, 6.45) is 5.06. The van der Waals surface area contributed by atoms with Crippen molar-refractivity contribution in [2.45, 2.75) is 24.3 Å². The normalized spacial score (nSPS) is 12.6. The van der Waals surface area contributed by atoms with Crippen molar-refractivity contribution in [1.29, 1.82) is 0 Å². The number of halogens is 1. The van der Waals surface area contributed by atoms with Crippen molar-refractivity contribution in [3.63, 3.8) is 0 Å². The lowest BCUT2D eigenvalue weighted by Gasteiger charge is -2.17. The zero-order valence-electron chi connectivity index (χ0n) is 11.8. The van der Waals surface area contributed by atoms with Crippen LogP contribution in [0, 0.1) is 0 Å². The van der Waals surface area contributed by atoms with E-state index in [1.807, 2.05) is 35.8 Å². The second-order valence-corrected chi connectivity index (χ2v) is 6.64. The van der Waals surface area contributed by atoms with Crippen LogP contribution in [0.5, 0.6) is 0 Å². The van der Waals surface area contributed by atoms with Gasteiger partial charge in [0.15, 0.2) is 0 Å². The molecule has 1 N–H and O–H groups in total. The van der Waals surface area contributed by atoms with E-state index in [0.29, 0.717) is 6.04 Å². The lowest BCUT2D eigenvalue weighted by molar-refractivity contribution is 0.572. The highest BCUT2D eigenvalue weighted by Gasteiger charge is 2.11. The number of aromatic nitrogens is 2. The number of hydrogen-bond donors (Lipinski definition) is 1. The van der Waals surface area contributed by atoms with E-state index in [9.17, 15) is 0 Å². The Morgan fingerprint density at radius 1 is 1.40 bits per heavy atom. The van der Waals surface area contributed by atoms with Gasteiger partial charge >= 0.3 is 0 Å². The molecule has 0 aliphatic carbocycles. The molecular formula is C15H20BrN3S. The summed E-state index contributed by atoms with van der Waals surface area (Å²) in [6.45, 7) is 3.14. The zero-order valence-corrected chi connectivity index (χ0v) is 14.2. The highest BCUT2D eigenvalue weighted by molar-refractivity contribution is 9.10. The number of thioether (sulfide) groups is 1. The average Bonchev–Trinajstić information content (AvgIpc) is 2.83. The van der Waals surface area contributed by atoms with Crippen molar-refractivity contribution >= 4 is 27.7 Å². The number of hydrogen-bond acceptors (Lipinski definition) is 3. The average molecular weight is 354 g/mol. The highest BCUT2D eigenvalue weighted by atomic mass is 79.9. The molecule has 1 atom stereocenters. The van der Waals surface area contributed by atoms with Crippen LogP contribution in [0.1, 0.15) is 12.5 Å². The fraction of sp³-hybridized carbons (Fsp3) is 0.400. The van der Waals surface area contributed by atoms with Gasteiger partial charge in [-0.15, -0.1) is 11.8 Å². The third-order valence-electron chi connectivity index (χ3n) is 3.01. The molecule has 0 fully saturated rings. The van der Waals surface area contributed by atoms with E-state index >= 15 is 0 Å². The van der Waals surface area contributed by atoms with Crippen LogP contribution >= 0.6 is 27.7 Å². The fourth-order valence-electron chi connectivity index (χ4n) is 2.09. The van der Waals surface area contributed by atoms with Crippen LogP contribution in [0.4, 0.5) is 0 Å². The van der Waals surface area contributed by atoms with Crippen LogP contribution < -0.4 is 5.32 Å². The predicted molar refractivity (Wildman–Crippen MR) is 89.2 cm³/mol. The molecule has 0 aliphatic rings. The number of likely N-dealkylation sites (N-methyl/N-ethyl adjacent to an activating group) is 1. The van der Waals surface area contributed by atoms with Crippen molar-refractivity contribution in [1.82, 2.24) is 15.1 Å². The molecule has 1 aromatic heterocycles. The van der Waals surface area contributed by atoms with Crippen molar-refractivity contribution in [3.05, 3.63) is 46.7 Å². The van der Waals surface area contributed by atoms with Crippen molar-refractivity contribution < 1.29 is 0 Å². The molecule has 0 radical (unpaired) electrons. The maximum absolute atomic E-state index is 4.24. The Hall–Kier alpha value is -0.780. The third-order valence-corrected chi connectivity index (χ3v) is 5.20. The molecular weight excluding hydrogens is 334 g/mol. The Balaban J connectivity index is 1.94. The minimum Gasteiger partial charge on any atom is -0.313 e. The summed E-state index contributed by atoms with van der Waals surface area (Å²) >= 11 is 5.49. The Bertz CT molecular complexity index is 541. The van der Waals surface area contributed by atoms with Crippen molar-refractivity contribution in [2.24, 2.45) is 7.05 Å². The summed E-state index contributed by atoms with van der Waals surface area (Å²) in [7, 11) is 1.96. The number of nitrogens with zero attached hydrogens (tertiary/aromatic N) is 2. The first-order valence-electron chi connectivity index (χ1n) is 6.77. The Morgan fingerprint density at radius 2 is 2.20 bits per heavy atom. The van der Waals surface area contributed by atoms with Crippen LogP contribution in [-0.4, -0.2) is 28.1 Å². The molecule has 0 spiro atoms. The summed E-state index contributed by atoms with van der Waals surface area (Å²) in [5.41, 5.74) is 1.28. The second kappa shape index (κ2) is 7.86. The Kier molecular flexibility index (Phi) is 6.13. The van der Waals surface area contributed by atoms with Gasteiger partial charge in [-0.3, -0.25) is 4.68 Å². The van der Waals surface area contributed by atoms with Gasteiger partial charge in [-0.25, -0.2) is 0 Å². The fourth-order valence-corrected chi connectivity index (χ4v) is 3.72. The molecule has 108 valence electrons. The lowest BCUT2D eigenvalue weighted by atomic mass is 10.1. The van der Waals surface area contributed by atoms with E-state index in [1.165, 1.54) is 14.9 Å². The van der Waals surface area contributed by atoms with Crippen LogP contribution in [0.25, 0.3) is 0 Å². The zero-order chi connectivity index (χ0) is 14.4. The van der Waals surface area contributed by atoms with Gasteiger partial charge in [0, 0.05) is 34.4 Å². The maximum Gasteiger partial charge on any atom is 0.0522 e. The highest BCUT2D eigenvalue weighted by Crippen LogP contribution is 2.27. The first-order valence-corrected chi connectivity index (χ1v) is 8.55. The number of nitrogens with one attached hydrogen (secondary N) is 1. The smallest absolute Gasteiger partial charge is 0.0522 e. The molecule has 2 rings (SSSR count). The van der Waals surface area contributed by atoms with Crippen LogP contribution in [0.3, 0.4) is 0 Å². The van der Waals surface area contributed by atoms with Crippen LogP contribution in [-0.2, 0) is 13.5 Å². The summed E-state index contributed by atoms with van der Waals surface area (Å²) in [5, 5.41) is 7.79. The van der Waals surface area contributed by atoms with Crippen LogP contribution in [0.15, 0.2) is 46.0 Å². The minimum atomic E-state index is 0.460. The van der Waals surface area contributed by atoms with E-state index in [4.69, 9.17) is 0 Å². The molecule has 3 nitrogen and oxygen atoms in total. The summed E-state index contributed by atoms with van der Waals surface area (Å²) in [4.78, 5) is 1.29. The maximum atomic E-state index is 4.24.